The van der Waals surface area contributed by atoms with Crippen LogP contribution in [-0.4, -0.2) is 15.9 Å². The maximum atomic E-state index is 11.3. The van der Waals surface area contributed by atoms with Crippen LogP contribution >= 0.6 is 0 Å². The second-order valence-electron chi connectivity index (χ2n) is 4.38. The average molecular weight is 262 g/mol. The smallest absolute Gasteiger partial charge is 0.265 e. The van der Waals surface area contributed by atoms with E-state index in [9.17, 15) is 4.79 Å². The van der Waals surface area contributed by atoms with Gasteiger partial charge >= 0.3 is 0 Å². The molecule has 0 radical (unpaired) electrons. The fourth-order valence-corrected chi connectivity index (χ4v) is 2.20. The van der Waals surface area contributed by atoms with Crippen LogP contribution in [0.1, 0.15) is 16.1 Å². The van der Waals surface area contributed by atoms with Crippen molar-refractivity contribution in [1.82, 2.24) is 9.97 Å². The van der Waals surface area contributed by atoms with Crippen molar-refractivity contribution in [2.75, 3.05) is 0 Å². The third-order valence-electron chi connectivity index (χ3n) is 3.11. The van der Waals surface area contributed by atoms with E-state index in [1.807, 2.05) is 12.1 Å². The molecule has 1 aromatic carbocycles. The first kappa shape index (κ1) is 11.9. The first-order chi connectivity index (χ1) is 9.69. The van der Waals surface area contributed by atoms with Crippen LogP contribution in [0.5, 0.6) is 0 Å². The number of nitriles is 1. The Hall–Kier alpha value is -3.13. The molecule has 0 saturated heterocycles. The molecule has 3 aromatic rings. The van der Waals surface area contributed by atoms with Crippen molar-refractivity contribution in [3.8, 4) is 17.2 Å². The maximum absolute atomic E-state index is 11.3. The lowest BCUT2D eigenvalue weighted by molar-refractivity contribution is 0.0996. The van der Waals surface area contributed by atoms with Gasteiger partial charge in [-0.3, -0.25) is 9.78 Å². The van der Waals surface area contributed by atoms with E-state index in [4.69, 9.17) is 11.0 Å². The van der Waals surface area contributed by atoms with E-state index in [2.05, 4.69) is 16.0 Å². The molecule has 0 spiro atoms. The van der Waals surface area contributed by atoms with Gasteiger partial charge in [0.05, 0.1) is 17.1 Å². The summed E-state index contributed by atoms with van der Waals surface area (Å²) < 4.78 is 0. The van der Waals surface area contributed by atoms with Gasteiger partial charge in [0.25, 0.3) is 5.91 Å². The van der Waals surface area contributed by atoms with E-state index in [0.717, 1.165) is 22.0 Å². The molecule has 1 amide bonds. The predicted octanol–water partition coefficient (Wildman–Crippen LogP) is 2.20. The molecule has 0 aliphatic rings. The number of carbonyl (C=O) groups is 1. The van der Waals surface area contributed by atoms with E-state index in [1.165, 1.54) is 0 Å². The number of rotatable bonds is 2. The summed E-state index contributed by atoms with van der Waals surface area (Å²) >= 11 is 0. The second kappa shape index (κ2) is 4.52. The second-order valence-corrected chi connectivity index (χ2v) is 4.38. The van der Waals surface area contributed by atoms with Crippen molar-refractivity contribution in [3.05, 3.63) is 54.0 Å². The number of H-pyrrole nitrogens is 1. The minimum atomic E-state index is -0.527. The molecule has 2 heterocycles. The Morgan fingerprint density at radius 2 is 2.00 bits per heavy atom. The Balaban J connectivity index is 2.35. The van der Waals surface area contributed by atoms with Crippen LogP contribution in [0.4, 0.5) is 0 Å². The molecule has 2 aromatic heterocycles. The zero-order valence-electron chi connectivity index (χ0n) is 10.4. The molecule has 0 atom stereocenters. The first-order valence-corrected chi connectivity index (χ1v) is 5.96. The van der Waals surface area contributed by atoms with Crippen LogP contribution in [0.15, 0.2) is 42.7 Å². The number of benzene rings is 1. The van der Waals surface area contributed by atoms with Crippen LogP contribution in [0, 0.1) is 11.3 Å². The van der Waals surface area contributed by atoms with E-state index in [0.29, 0.717) is 11.3 Å². The standard InChI is InChI=1S/C15H10N4O/c16-8-9-5-11-7-13(15(17)20)19-14(11)12(6-9)10-1-3-18-4-2-10/h1-7,19H,(H2,17,20). The van der Waals surface area contributed by atoms with E-state index < -0.39 is 5.91 Å². The van der Waals surface area contributed by atoms with Crippen molar-refractivity contribution >= 4 is 16.8 Å². The Kier molecular flexibility index (Phi) is 2.70. The molecule has 5 nitrogen and oxygen atoms in total. The molecule has 5 heteroatoms. The summed E-state index contributed by atoms with van der Waals surface area (Å²) in [6, 6.07) is 11.0. The van der Waals surface area contributed by atoms with Gasteiger partial charge < -0.3 is 10.7 Å². The summed E-state index contributed by atoms with van der Waals surface area (Å²) in [6.07, 6.45) is 3.36. The number of primary amides is 1. The molecule has 0 saturated carbocycles. The van der Waals surface area contributed by atoms with Gasteiger partial charge in [-0.25, -0.2) is 0 Å². The van der Waals surface area contributed by atoms with Crippen molar-refractivity contribution < 1.29 is 4.79 Å². The van der Waals surface area contributed by atoms with E-state index in [1.54, 1.807) is 30.6 Å². The number of hydrogen-bond donors (Lipinski definition) is 2. The summed E-state index contributed by atoms with van der Waals surface area (Å²) in [6.45, 7) is 0. The fourth-order valence-electron chi connectivity index (χ4n) is 2.20. The normalized spacial score (nSPS) is 10.3. The zero-order chi connectivity index (χ0) is 14.1. The summed E-state index contributed by atoms with van der Waals surface area (Å²) in [4.78, 5) is 18.3. The molecule has 0 bridgehead atoms. The summed E-state index contributed by atoms with van der Waals surface area (Å²) in [7, 11) is 0. The summed E-state index contributed by atoms with van der Waals surface area (Å²) in [5.41, 5.74) is 8.68. The quantitative estimate of drug-likeness (QED) is 0.741. The minimum absolute atomic E-state index is 0.324. The Morgan fingerprint density at radius 1 is 1.25 bits per heavy atom. The molecule has 96 valence electrons. The van der Waals surface area contributed by atoms with Gasteiger partial charge in [-0.2, -0.15) is 5.26 Å². The van der Waals surface area contributed by atoms with Gasteiger partial charge in [-0.05, 0) is 35.9 Å². The molecule has 3 N–H and O–H groups in total. The van der Waals surface area contributed by atoms with Crippen LogP contribution < -0.4 is 5.73 Å². The van der Waals surface area contributed by atoms with Crippen LogP contribution in [0.2, 0.25) is 0 Å². The number of nitrogens with two attached hydrogens (primary N) is 1. The van der Waals surface area contributed by atoms with Crippen LogP contribution in [0.25, 0.3) is 22.0 Å². The number of nitrogens with zero attached hydrogens (tertiary/aromatic N) is 2. The van der Waals surface area contributed by atoms with Gasteiger partial charge in [0.15, 0.2) is 0 Å². The van der Waals surface area contributed by atoms with Gasteiger partial charge in [-0.15, -0.1) is 0 Å². The SMILES string of the molecule is N#Cc1cc(-c2ccncc2)c2[nH]c(C(N)=O)cc2c1. The topological polar surface area (TPSA) is 95.6 Å². The van der Waals surface area contributed by atoms with Crippen molar-refractivity contribution in [2.24, 2.45) is 5.73 Å². The molecule has 3 rings (SSSR count). The molecular formula is C15H10N4O. The number of carbonyl (C=O) groups excluding carboxylic acids is 1. The first-order valence-electron chi connectivity index (χ1n) is 5.96. The highest BCUT2D eigenvalue weighted by Gasteiger charge is 2.12. The minimum Gasteiger partial charge on any atom is -0.364 e. The Bertz CT molecular complexity index is 843. The number of aromatic amines is 1. The van der Waals surface area contributed by atoms with Gasteiger partial charge in [0.2, 0.25) is 0 Å². The highest BCUT2D eigenvalue weighted by molar-refractivity contribution is 6.02. The van der Waals surface area contributed by atoms with Gasteiger partial charge in [-0.1, -0.05) is 0 Å². The monoisotopic (exact) mass is 262 g/mol. The summed E-state index contributed by atoms with van der Waals surface area (Å²) in [5, 5.41) is 9.90. The molecule has 0 aliphatic heterocycles. The van der Waals surface area contributed by atoms with E-state index in [-0.39, 0.29) is 0 Å². The Morgan fingerprint density at radius 3 is 2.65 bits per heavy atom. The average Bonchev–Trinajstić information content (AvgIpc) is 2.91. The maximum Gasteiger partial charge on any atom is 0.265 e. The number of aromatic nitrogens is 2. The van der Waals surface area contributed by atoms with Crippen LogP contribution in [0.3, 0.4) is 0 Å². The summed E-state index contributed by atoms with van der Waals surface area (Å²) in [5.74, 6) is -0.527. The lowest BCUT2D eigenvalue weighted by Crippen LogP contribution is -2.10. The number of hydrogen-bond acceptors (Lipinski definition) is 3. The molecule has 20 heavy (non-hydrogen) atoms. The van der Waals surface area contributed by atoms with E-state index >= 15 is 0 Å². The molecule has 0 unspecified atom stereocenters. The fraction of sp³-hybridized carbons (Fsp3) is 0. The highest BCUT2D eigenvalue weighted by Crippen LogP contribution is 2.29. The van der Waals surface area contributed by atoms with Gasteiger partial charge in [0, 0.05) is 23.3 Å². The molecule has 0 fully saturated rings. The number of nitrogens with one attached hydrogen (secondary N) is 1. The predicted molar refractivity (Wildman–Crippen MR) is 74.8 cm³/mol. The van der Waals surface area contributed by atoms with Crippen molar-refractivity contribution in [2.45, 2.75) is 0 Å². The van der Waals surface area contributed by atoms with Crippen molar-refractivity contribution in [1.29, 1.82) is 5.26 Å². The zero-order valence-corrected chi connectivity index (χ0v) is 10.4. The van der Waals surface area contributed by atoms with Crippen LogP contribution in [-0.2, 0) is 0 Å². The third-order valence-corrected chi connectivity index (χ3v) is 3.11. The third kappa shape index (κ3) is 1.89. The lowest BCUT2D eigenvalue weighted by Gasteiger charge is -2.04. The number of fused-ring (bicyclic) bond motifs is 1. The molecular weight excluding hydrogens is 252 g/mol. The van der Waals surface area contributed by atoms with Crippen molar-refractivity contribution in [3.63, 3.8) is 0 Å². The van der Waals surface area contributed by atoms with Gasteiger partial charge in [0.1, 0.15) is 5.69 Å². The molecule has 0 aliphatic carbocycles. The number of amides is 1. The lowest BCUT2D eigenvalue weighted by atomic mass is 10.0. The highest BCUT2D eigenvalue weighted by atomic mass is 16.1. The largest absolute Gasteiger partial charge is 0.364 e. The number of pyridine rings is 1. The Labute approximate surface area is 114 Å².